The summed E-state index contributed by atoms with van der Waals surface area (Å²) in [6.07, 6.45) is 1.79. The molecule has 35 heavy (non-hydrogen) atoms. The molecule has 0 aliphatic carbocycles. The summed E-state index contributed by atoms with van der Waals surface area (Å²) in [5.74, 6) is 0.881. The van der Waals surface area contributed by atoms with Crippen LogP contribution >= 0.6 is 27.7 Å². The van der Waals surface area contributed by atoms with Gasteiger partial charge >= 0.3 is 0 Å². The average Bonchev–Trinajstić information content (AvgIpc) is 3.20. The summed E-state index contributed by atoms with van der Waals surface area (Å²) in [5, 5.41) is 12.7. The number of ether oxygens (including phenoxy) is 2. The molecule has 1 fully saturated rings. The van der Waals surface area contributed by atoms with Crippen molar-refractivity contribution >= 4 is 50.5 Å². The fourth-order valence-electron chi connectivity index (χ4n) is 3.31. The first kappa shape index (κ1) is 24.6. The molecule has 0 aromatic heterocycles. The summed E-state index contributed by atoms with van der Waals surface area (Å²) >= 11 is 4.87. The lowest BCUT2D eigenvalue weighted by Gasteiger charge is -2.14. The number of hydrogen-bond donors (Lipinski definition) is 1. The predicted octanol–water partition coefficient (Wildman–Crippen LogP) is 6.50. The highest BCUT2D eigenvalue weighted by Gasteiger charge is 2.24. The number of amides is 1. The van der Waals surface area contributed by atoms with Crippen LogP contribution in [0.15, 0.2) is 75.0 Å². The van der Waals surface area contributed by atoms with Crippen LogP contribution in [-0.2, 0) is 11.4 Å². The van der Waals surface area contributed by atoms with Gasteiger partial charge in [-0.15, -0.1) is 0 Å². The first-order valence-corrected chi connectivity index (χ1v) is 12.5. The molecule has 0 radical (unpaired) electrons. The molecule has 1 amide bonds. The predicted molar refractivity (Wildman–Crippen MR) is 143 cm³/mol. The Kier molecular flexibility index (Phi) is 7.91. The summed E-state index contributed by atoms with van der Waals surface area (Å²) in [4.78, 5) is 17.6. The number of halogens is 1. The summed E-state index contributed by atoms with van der Waals surface area (Å²) < 4.78 is 12.6. The minimum Gasteiger partial charge on any atom is -0.490 e. The number of nitrogens with one attached hydrogen (secondary N) is 1. The highest BCUT2D eigenvalue weighted by molar-refractivity contribution is 9.10. The van der Waals surface area contributed by atoms with Gasteiger partial charge in [0.25, 0.3) is 5.91 Å². The normalized spacial score (nSPS) is 15.2. The van der Waals surface area contributed by atoms with Crippen molar-refractivity contribution in [2.45, 2.75) is 20.5 Å². The van der Waals surface area contributed by atoms with Crippen LogP contribution in [0.1, 0.15) is 29.2 Å². The molecule has 0 bridgehead atoms. The van der Waals surface area contributed by atoms with Gasteiger partial charge in [-0.25, -0.2) is 4.99 Å². The maximum Gasteiger partial charge on any atom is 0.264 e. The molecule has 1 heterocycles. The van der Waals surface area contributed by atoms with Crippen LogP contribution in [0.2, 0.25) is 0 Å². The van der Waals surface area contributed by atoms with E-state index in [9.17, 15) is 10.1 Å². The van der Waals surface area contributed by atoms with E-state index in [0.29, 0.717) is 33.7 Å². The second kappa shape index (κ2) is 11.3. The van der Waals surface area contributed by atoms with Gasteiger partial charge in [0.2, 0.25) is 0 Å². The zero-order chi connectivity index (χ0) is 24.8. The van der Waals surface area contributed by atoms with E-state index in [4.69, 9.17) is 9.47 Å². The molecule has 3 aromatic carbocycles. The summed E-state index contributed by atoms with van der Waals surface area (Å²) in [5.41, 5.74) is 4.05. The van der Waals surface area contributed by atoms with Crippen LogP contribution in [-0.4, -0.2) is 17.7 Å². The Labute approximate surface area is 216 Å². The number of nitriles is 1. The van der Waals surface area contributed by atoms with E-state index in [1.165, 1.54) is 11.8 Å². The number of thioether (sulfide) groups is 1. The number of hydrogen-bond acceptors (Lipinski definition) is 6. The molecule has 0 saturated carbocycles. The maximum absolute atomic E-state index is 12.6. The van der Waals surface area contributed by atoms with E-state index in [1.807, 2.05) is 68.4 Å². The Balaban J connectivity index is 1.57. The van der Waals surface area contributed by atoms with Crippen molar-refractivity contribution in [2.24, 2.45) is 4.99 Å². The van der Waals surface area contributed by atoms with Gasteiger partial charge in [-0.2, -0.15) is 5.26 Å². The average molecular weight is 548 g/mol. The minimum absolute atomic E-state index is 0.209. The first-order chi connectivity index (χ1) is 17.0. The van der Waals surface area contributed by atoms with E-state index in [1.54, 1.807) is 12.1 Å². The van der Waals surface area contributed by atoms with Crippen molar-refractivity contribution < 1.29 is 14.3 Å². The molecule has 4 rings (SSSR count). The van der Waals surface area contributed by atoms with Crippen LogP contribution in [0.25, 0.3) is 6.08 Å². The first-order valence-electron chi connectivity index (χ1n) is 10.9. The molecule has 1 aliphatic rings. The monoisotopic (exact) mass is 547 g/mol. The Morgan fingerprint density at radius 2 is 1.86 bits per heavy atom. The van der Waals surface area contributed by atoms with E-state index in [-0.39, 0.29) is 12.5 Å². The topological polar surface area (TPSA) is 83.7 Å². The highest BCUT2D eigenvalue weighted by Crippen LogP contribution is 2.37. The standard InChI is InChI=1S/C27H22BrN3O3S/c1-3-33-23-12-20(22(28)14-24(23)34-16-19-7-5-4-6-18(19)15-29)13-25-26(32)31-27(35-25)30-21-10-8-17(2)9-11-21/h4-14H,3,16H2,1-2H3,(H,30,31,32)/b25-13+. The SMILES string of the molecule is CCOc1cc(/C=C2/SC(=Nc3ccc(C)cc3)NC2=O)c(Br)cc1OCc1ccccc1C#N. The molecule has 3 aromatic rings. The lowest BCUT2D eigenvalue weighted by Crippen LogP contribution is -2.19. The second-order valence-electron chi connectivity index (χ2n) is 7.63. The molecule has 0 unspecified atom stereocenters. The van der Waals surface area contributed by atoms with Gasteiger partial charge in [0, 0.05) is 10.0 Å². The van der Waals surface area contributed by atoms with Crippen LogP contribution in [0.4, 0.5) is 5.69 Å². The van der Waals surface area contributed by atoms with Crippen molar-refractivity contribution in [3.8, 4) is 17.6 Å². The van der Waals surface area contributed by atoms with Crippen LogP contribution in [0.5, 0.6) is 11.5 Å². The minimum atomic E-state index is -0.209. The fourth-order valence-corrected chi connectivity index (χ4v) is 4.58. The lowest BCUT2D eigenvalue weighted by atomic mass is 10.1. The Morgan fingerprint density at radius 1 is 1.11 bits per heavy atom. The third-order valence-electron chi connectivity index (χ3n) is 5.09. The van der Waals surface area contributed by atoms with Crippen LogP contribution < -0.4 is 14.8 Å². The third kappa shape index (κ3) is 6.13. The number of aliphatic imine (C=N–C) groups is 1. The van der Waals surface area contributed by atoms with E-state index >= 15 is 0 Å². The molecular formula is C27H22BrN3O3S. The molecule has 0 atom stereocenters. The molecule has 6 nitrogen and oxygen atoms in total. The van der Waals surface area contributed by atoms with Crippen LogP contribution in [0.3, 0.4) is 0 Å². The number of rotatable bonds is 7. The Hall–Kier alpha value is -3.54. The van der Waals surface area contributed by atoms with Crippen molar-refractivity contribution in [1.29, 1.82) is 5.26 Å². The smallest absolute Gasteiger partial charge is 0.264 e. The van der Waals surface area contributed by atoms with Gasteiger partial charge in [0.05, 0.1) is 28.8 Å². The van der Waals surface area contributed by atoms with Crippen molar-refractivity contribution in [3.05, 3.63) is 92.3 Å². The Bertz CT molecular complexity index is 1360. The Morgan fingerprint density at radius 3 is 2.60 bits per heavy atom. The second-order valence-corrected chi connectivity index (χ2v) is 9.51. The van der Waals surface area contributed by atoms with Gasteiger partial charge in [-0.1, -0.05) is 51.8 Å². The van der Waals surface area contributed by atoms with E-state index < -0.39 is 0 Å². The van der Waals surface area contributed by atoms with E-state index in [2.05, 4.69) is 32.3 Å². The fraction of sp³-hybridized carbons (Fsp3) is 0.148. The number of benzene rings is 3. The zero-order valence-corrected chi connectivity index (χ0v) is 21.6. The lowest BCUT2D eigenvalue weighted by molar-refractivity contribution is -0.115. The van der Waals surface area contributed by atoms with E-state index in [0.717, 1.165) is 26.9 Å². The number of amidine groups is 1. The third-order valence-corrected chi connectivity index (χ3v) is 6.68. The van der Waals surface area contributed by atoms with Gasteiger partial charge < -0.3 is 14.8 Å². The quantitative estimate of drug-likeness (QED) is 0.341. The highest BCUT2D eigenvalue weighted by atomic mass is 79.9. The maximum atomic E-state index is 12.6. The molecule has 1 N–H and O–H groups in total. The molecule has 8 heteroatoms. The molecule has 0 spiro atoms. The van der Waals surface area contributed by atoms with Crippen LogP contribution in [0, 0.1) is 18.3 Å². The van der Waals surface area contributed by atoms with Gasteiger partial charge in [-0.3, -0.25) is 4.79 Å². The summed E-state index contributed by atoms with van der Waals surface area (Å²) in [6, 6.07) is 20.9. The number of nitrogens with zero attached hydrogens (tertiary/aromatic N) is 2. The van der Waals surface area contributed by atoms with Gasteiger partial charge in [0.15, 0.2) is 16.7 Å². The summed E-state index contributed by atoms with van der Waals surface area (Å²) in [7, 11) is 0. The molecular weight excluding hydrogens is 526 g/mol. The summed E-state index contributed by atoms with van der Waals surface area (Å²) in [6.45, 7) is 4.59. The van der Waals surface area contributed by atoms with Crippen molar-refractivity contribution in [1.82, 2.24) is 5.32 Å². The van der Waals surface area contributed by atoms with Crippen molar-refractivity contribution in [3.63, 3.8) is 0 Å². The molecule has 1 saturated heterocycles. The number of carbonyl (C=O) groups is 1. The molecule has 176 valence electrons. The van der Waals surface area contributed by atoms with Crippen molar-refractivity contribution in [2.75, 3.05) is 6.61 Å². The largest absolute Gasteiger partial charge is 0.490 e. The molecule has 1 aliphatic heterocycles. The van der Waals surface area contributed by atoms with Gasteiger partial charge in [0.1, 0.15) is 6.61 Å². The number of carbonyl (C=O) groups excluding carboxylic acids is 1. The van der Waals surface area contributed by atoms with Gasteiger partial charge in [-0.05, 0) is 67.6 Å². The zero-order valence-electron chi connectivity index (χ0n) is 19.2. The number of aryl methyl sites for hydroxylation is 1.